The van der Waals surface area contributed by atoms with Crippen LogP contribution in [0.25, 0.3) is 0 Å². The van der Waals surface area contributed by atoms with Gasteiger partial charge in [0.1, 0.15) is 0 Å². The number of hydrogen-bond acceptors (Lipinski definition) is 4. The van der Waals surface area contributed by atoms with Crippen molar-refractivity contribution >= 4 is 29.9 Å². The van der Waals surface area contributed by atoms with E-state index in [9.17, 15) is 0 Å². The van der Waals surface area contributed by atoms with E-state index in [1.807, 2.05) is 7.05 Å². The molecule has 2 unspecified atom stereocenters. The number of aliphatic imine (C=N–C) groups is 1. The molecule has 0 spiro atoms. The van der Waals surface area contributed by atoms with Gasteiger partial charge in [0.2, 0.25) is 0 Å². The van der Waals surface area contributed by atoms with Crippen molar-refractivity contribution in [3.63, 3.8) is 0 Å². The Morgan fingerprint density at radius 2 is 1.93 bits per heavy atom. The summed E-state index contributed by atoms with van der Waals surface area (Å²) < 4.78 is 5.43. The molecule has 7 heteroatoms. The van der Waals surface area contributed by atoms with Gasteiger partial charge in [0.25, 0.3) is 0 Å². The number of halogens is 1. The molecule has 2 aliphatic rings. The Bertz CT molecular complexity index is 594. The second-order valence-electron chi connectivity index (χ2n) is 8.10. The number of guanidine groups is 1. The Labute approximate surface area is 193 Å². The van der Waals surface area contributed by atoms with Crippen LogP contribution < -0.4 is 10.6 Å². The monoisotopic (exact) mass is 515 g/mol. The van der Waals surface area contributed by atoms with Crippen LogP contribution in [0.1, 0.15) is 25.3 Å². The van der Waals surface area contributed by atoms with Gasteiger partial charge in [0.05, 0.1) is 13.2 Å². The van der Waals surface area contributed by atoms with Gasteiger partial charge in [0.15, 0.2) is 5.96 Å². The fourth-order valence-electron chi connectivity index (χ4n) is 4.15. The molecule has 2 fully saturated rings. The Hall–Kier alpha value is -0.900. The third kappa shape index (κ3) is 8.39. The van der Waals surface area contributed by atoms with Crippen molar-refractivity contribution in [2.75, 3.05) is 59.5 Å². The normalized spacial score (nSPS) is 22.1. The molecule has 29 heavy (non-hydrogen) atoms. The maximum absolute atomic E-state index is 5.43. The molecule has 1 aromatic carbocycles. The highest BCUT2D eigenvalue weighted by atomic mass is 127. The van der Waals surface area contributed by atoms with Gasteiger partial charge in [-0.3, -0.25) is 14.8 Å². The summed E-state index contributed by atoms with van der Waals surface area (Å²) in [7, 11) is 1.86. The first-order chi connectivity index (χ1) is 13.7. The highest BCUT2D eigenvalue weighted by Crippen LogP contribution is 2.19. The summed E-state index contributed by atoms with van der Waals surface area (Å²) in [6.45, 7) is 11.4. The van der Waals surface area contributed by atoms with Crippen LogP contribution in [0.5, 0.6) is 0 Å². The number of likely N-dealkylation sites (tertiary alicyclic amines) is 1. The molecule has 1 aromatic rings. The fraction of sp³-hybridized carbons (Fsp3) is 0.682. The van der Waals surface area contributed by atoms with Gasteiger partial charge >= 0.3 is 0 Å². The fourth-order valence-corrected chi connectivity index (χ4v) is 4.15. The van der Waals surface area contributed by atoms with Crippen LogP contribution in [0.2, 0.25) is 0 Å². The summed E-state index contributed by atoms with van der Waals surface area (Å²) in [6, 6.07) is 11.4. The molecule has 2 saturated heterocycles. The summed E-state index contributed by atoms with van der Waals surface area (Å²) in [5.74, 6) is 1.50. The number of nitrogens with zero attached hydrogens (tertiary/aromatic N) is 3. The first kappa shape index (κ1) is 24.4. The molecule has 0 aromatic heterocycles. The topological polar surface area (TPSA) is 52.1 Å². The van der Waals surface area contributed by atoms with Crippen molar-refractivity contribution in [3.05, 3.63) is 35.9 Å². The maximum atomic E-state index is 5.43. The summed E-state index contributed by atoms with van der Waals surface area (Å²) in [4.78, 5) is 9.51. The molecule has 0 amide bonds. The lowest BCUT2D eigenvalue weighted by atomic mass is 10.1. The molecule has 6 nitrogen and oxygen atoms in total. The first-order valence-corrected chi connectivity index (χ1v) is 10.8. The van der Waals surface area contributed by atoms with Crippen molar-refractivity contribution in [3.8, 4) is 0 Å². The van der Waals surface area contributed by atoms with E-state index in [1.165, 1.54) is 24.9 Å². The molecule has 0 aliphatic carbocycles. The number of ether oxygens (including phenoxy) is 1. The van der Waals surface area contributed by atoms with E-state index in [4.69, 9.17) is 4.74 Å². The SMILES string of the molecule is CN=C(NCC(C)CN1CCOCC1)NCC1CCCN1Cc1ccccc1.I. The molecule has 2 N–H and O–H groups in total. The van der Waals surface area contributed by atoms with Gasteiger partial charge in [-0.2, -0.15) is 0 Å². The van der Waals surface area contributed by atoms with Gasteiger partial charge in [-0.05, 0) is 30.9 Å². The smallest absolute Gasteiger partial charge is 0.191 e. The molecule has 164 valence electrons. The van der Waals surface area contributed by atoms with Gasteiger partial charge in [-0.25, -0.2) is 0 Å². The lowest BCUT2D eigenvalue weighted by Crippen LogP contribution is -2.47. The van der Waals surface area contributed by atoms with Crippen LogP contribution in [0.3, 0.4) is 0 Å². The Balaban J connectivity index is 0.00000300. The molecule has 0 bridgehead atoms. The van der Waals surface area contributed by atoms with E-state index in [1.54, 1.807) is 0 Å². The average molecular weight is 515 g/mol. The van der Waals surface area contributed by atoms with Crippen molar-refractivity contribution < 1.29 is 4.74 Å². The quantitative estimate of drug-likeness (QED) is 0.317. The Kier molecular flexibility index (Phi) is 11.3. The molecule has 2 atom stereocenters. The van der Waals surface area contributed by atoms with Gasteiger partial charge in [-0.15, -0.1) is 24.0 Å². The van der Waals surface area contributed by atoms with Crippen LogP contribution in [-0.2, 0) is 11.3 Å². The average Bonchev–Trinajstić information content (AvgIpc) is 3.16. The lowest BCUT2D eigenvalue weighted by molar-refractivity contribution is 0.0320. The zero-order valence-electron chi connectivity index (χ0n) is 18.0. The van der Waals surface area contributed by atoms with E-state index < -0.39 is 0 Å². The largest absolute Gasteiger partial charge is 0.379 e. The predicted octanol–water partition coefficient (Wildman–Crippen LogP) is 2.40. The molecule has 0 saturated carbocycles. The molecule has 0 radical (unpaired) electrons. The second kappa shape index (κ2) is 13.4. The highest BCUT2D eigenvalue weighted by molar-refractivity contribution is 14.0. The summed E-state index contributed by atoms with van der Waals surface area (Å²) >= 11 is 0. The summed E-state index contributed by atoms with van der Waals surface area (Å²) in [6.07, 6.45) is 2.53. The molecular weight excluding hydrogens is 477 g/mol. The number of hydrogen-bond donors (Lipinski definition) is 2. The third-order valence-electron chi connectivity index (χ3n) is 5.75. The van der Waals surface area contributed by atoms with Crippen molar-refractivity contribution in [1.29, 1.82) is 0 Å². The number of nitrogens with one attached hydrogen (secondary N) is 2. The first-order valence-electron chi connectivity index (χ1n) is 10.8. The molecule has 2 heterocycles. The van der Waals surface area contributed by atoms with Crippen LogP contribution in [0, 0.1) is 5.92 Å². The van der Waals surface area contributed by atoms with Crippen LogP contribution in [0.4, 0.5) is 0 Å². The minimum atomic E-state index is 0. The maximum Gasteiger partial charge on any atom is 0.191 e. The van der Waals surface area contributed by atoms with Crippen molar-refractivity contribution in [2.45, 2.75) is 32.4 Å². The summed E-state index contributed by atoms with van der Waals surface area (Å²) in [5.41, 5.74) is 1.40. The zero-order chi connectivity index (χ0) is 19.6. The van der Waals surface area contributed by atoms with Gasteiger partial charge < -0.3 is 15.4 Å². The van der Waals surface area contributed by atoms with E-state index in [-0.39, 0.29) is 24.0 Å². The minimum Gasteiger partial charge on any atom is -0.379 e. The van der Waals surface area contributed by atoms with E-state index in [2.05, 4.69) is 62.7 Å². The van der Waals surface area contributed by atoms with Crippen LogP contribution >= 0.6 is 24.0 Å². The summed E-state index contributed by atoms with van der Waals surface area (Å²) in [5, 5.41) is 7.06. The Morgan fingerprint density at radius 1 is 1.17 bits per heavy atom. The second-order valence-corrected chi connectivity index (χ2v) is 8.10. The van der Waals surface area contributed by atoms with Crippen LogP contribution in [-0.4, -0.2) is 81.3 Å². The minimum absolute atomic E-state index is 0. The zero-order valence-corrected chi connectivity index (χ0v) is 20.3. The Morgan fingerprint density at radius 3 is 2.66 bits per heavy atom. The molecule has 2 aliphatic heterocycles. The van der Waals surface area contributed by atoms with Crippen molar-refractivity contribution in [1.82, 2.24) is 20.4 Å². The standard InChI is InChI=1S/C22H37N5O.HI/c1-19(17-26-11-13-28-14-12-26)15-24-22(23-2)25-16-21-9-6-10-27(21)18-20-7-4-3-5-8-20;/h3-5,7-8,19,21H,6,9-18H2,1-2H3,(H2,23,24,25);1H. The van der Waals surface area contributed by atoms with Crippen molar-refractivity contribution in [2.24, 2.45) is 10.9 Å². The highest BCUT2D eigenvalue weighted by Gasteiger charge is 2.24. The number of rotatable bonds is 8. The van der Waals surface area contributed by atoms with Gasteiger partial charge in [0, 0.05) is 52.4 Å². The molecular formula is C22H38IN5O. The third-order valence-corrected chi connectivity index (χ3v) is 5.75. The van der Waals surface area contributed by atoms with Gasteiger partial charge in [-0.1, -0.05) is 37.3 Å². The van der Waals surface area contributed by atoms with E-state index in [0.717, 1.165) is 58.4 Å². The predicted molar refractivity (Wildman–Crippen MR) is 131 cm³/mol. The number of benzene rings is 1. The van der Waals surface area contributed by atoms with E-state index >= 15 is 0 Å². The lowest BCUT2D eigenvalue weighted by Gasteiger charge is -2.29. The molecule has 3 rings (SSSR count). The number of morpholine rings is 1. The van der Waals surface area contributed by atoms with E-state index in [0.29, 0.717) is 12.0 Å². The van der Waals surface area contributed by atoms with Crippen LogP contribution in [0.15, 0.2) is 35.3 Å².